The summed E-state index contributed by atoms with van der Waals surface area (Å²) in [5.41, 5.74) is 2.16. The van der Waals surface area contributed by atoms with Crippen LogP contribution in [-0.4, -0.2) is 12.5 Å². The van der Waals surface area contributed by atoms with Crippen LogP contribution in [0.4, 0.5) is 5.69 Å². The number of nitrogens with one attached hydrogen (secondary N) is 1. The van der Waals surface area contributed by atoms with Gasteiger partial charge in [-0.2, -0.15) is 0 Å². The molecule has 0 heterocycles. The fourth-order valence-corrected chi connectivity index (χ4v) is 2.10. The number of anilines is 1. The third kappa shape index (κ3) is 5.69. The third-order valence-corrected chi connectivity index (χ3v) is 3.15. The molecular weight excluding hydrogens is 262 g/mol. The average molecular weight is 283 g/mol. The smallest absolute Gasteiger partial charge is 0.221 e. The average Bonchev–Trinajstić information content (AvgIpc) is 2.49. The van der Waals surface area contributed by atoms with Crippen molar-refractivity contribution in [3.05, 3.63) is 60.2 Å². The summed E-state index contributed by atoms with van der Waals surface area (Å²) in [5, 5.41) is 2.73. The minimum absolute atomic E-state index is 0.0652. The number of hydrogen-bond acceptors (Lipinski definition) is 2. The Kier molecular flexibility index (Phi) is 5.83. The molecule has 2 aromatic rings. The molecule has 1 N–H and O–H groups in total. The van der Waals surface area contributed by atoms with Crippen LogP contribution >= 0.6 is 0 Å². The van der Waals surface area contributed by atoms with Crippen LogP contribution in [0.2, 0.25) is 0 Å². The molecule has 0 aliphatic rings. The summed E-state index contributed by atoms with van der Waals surface area (Å²) in [6.07, 6.45) is 3.24. The number of benzene rings is 2. The molecule has 21 heavy (non-hydrogen) atoms. The van der Waals surface area contributed by atoms with Gasteiger partial charge < -0.3 is 10.1 Å². The lowest BCUT2D eigenvalue weighted by molar-refractivity contribution is -0.114. The first kappa shape index (κ1) is 15.1. The van der Waals surface area contributed by atoms with E-state index in [1.807, 2.05) is 30.3 Å². The summed E-state index contributed by atoms with van der Waals surface area (Å²) >= 11 is 0. The van der Waals surface area contributed by atoms with Gasteiger partial charge in [-0.3, -0.25) is 4.79 Å². The van der Waals surface area contributed by atoms with Gasteiger partial charge in [0.25, 0.3) is 0 Å². The van der Waals surface area contributed by atoms with Gasteiger partial charge in [-0.15, -0.1) is 0 Å². The lowest BCUT2D eigenvalue weighted by Crippen LogP contribution is -2.05. The van der Waals surface area contributed by atoms with E-state index in [1.54, 1.807) is 0 Å². The Morgan fingerprint density at radius 2 is 1.71 bits per heavy atom. The maximum Gasteiger partial charge on any atom is 0.221 e. The van der Waals surface area contributed by atoms with Crippen LogP contribution in [0.5, 0.6) is 5.75 Å². The van der Waals surface area contributed by atoms with Crippen molar-refractivity contribution in [3.63, 3.8) is 0 Å². The molecule has 0 atom stereocenters. The van der Waals surface area contributed by atoms with E-state index in [4.69, 9.17) is 4.74 Å². The number of rotatable bonds is 7. The van der Waals surface area contributed by atoms with Gasteiger partial charge in [0.2, 0.25) is 5.91 Å². The van der Waals surface area contributed by atoms with Gasteiger partial charge in [0.15, 0.2) is 0 Å². The van der Waals surface area contributed by atoms with E-state index < -0.39 is 0 Å². The second-order valence-electron chi connectivity index (χ2n) is 5.00. The first-order chi connectivity index (χ1) is 10.2. The molecule has 0 saturated carbocycles. The number of ether oxygens (including phenoxy) is 1. The minimum atomic E-state index is -0.0652. The van der Waals surface area contributed by atoms with Gasteiger partial charge in [-0.25, -0.2) is 0 Å². The topological polar surface area (TPSA) is 38.3 Å². The molecule has 0 aliphatic carbocycles. The van der Waals surface area contributed by atoms with Crippen molar-refractivity contribution < 1.29 is 9.53 Å². The summed E-state index contributed by atoms with van der Waals surface area (Å²) in [7, 11) is 0. The van der Waals surface area contributed by atoms with Gasteiger partial charge in [0.05, 0.1) is 6.61 Å². The highest BCUT2D eigenvalue weighted by Gasteiger charge is 1.98. The summed E-state index contributed by atoms with van der Waals surface area (Å²) < 4.78 is 5.69. The zero-order valence-corrected chi connectivity index (χ0v) is 12.3. The van der Waals surface area contributed by atoms with Crippen molar-refractivity contribution in [2.75, 3.05) is 11.9 Å². The van der Waals surface area contributed by atoms with E-state index in [2.05, 4.69) is 29.6 Å². The van der Waals surface area contributed by atoms with Crippen molar-refractivity contribution in [3.8, 4) is 5.75 Å². The van der Waals surface area contributed by atoms with E-state index >= 15 is 0 Å². The monoisotopic (exact) mass is 283 g/mol. The fourth-order valence-electron chi connectivity index (χ4n) is 2.10. The summed E-state index contributed by atoms with van der Waals surface area (Å²) in [4.78, 5) is 10.9. The zero-order chi connectivity index (χ0) is 14.9. The van der Waals surface area contributed by atoms with Gasteiger partial charge >= 0.3 is 0 Å². The van der Waals surface area contributed by atoms with Gasteiger partial charge in [-0.05, 0) is 49.1 Å². The van der Waals surface area contributed by atoms with E-state index in [0.29, 0.717) is 6.61 Å². The predicted molar refractivity (Wildman–Crippen MR) is 85.6 cm³/mol. The Balaban J connectivity index is 1.65. The first-order valence-electron chi connectivity index (χ1n) is 7.28. The van der Waals surface area contributed by atoms with Crippen LogP contribution in [0.3, 0.4) is 0 Å². The molecule has 0 radical (unpaired) electrons. The summed E-state index contributed by atoms with van der Waals surface area (Å²) in [6, 6.07) is 17.9. The highest BCUT2D eigenvalue weighted by molar-refractivity contribution is 5.88. The number of hydrogen-bond donors (Lipinski definition) is 1. The Hall–Kier alpha value is -2.29. The number of amides is 1. The first-order valence-corrected chi connectivity index (χ1v) is 7.28. The number of unbranched alkanes of at least 4 members (excludes halogenated alkanes) is 1. The van der Waals surface area contributed by atoms with Crippen LogP contribution in [-0.2, 0) is 11.2 Å². The molecule has 3 nitrogen and oxygen atoms in total. The van der Waals surface area contributed by atoms with E-state index in [-0.39, 0.29) is 5.91 Å². The minimum Gasteiger partial charge on any atom is -0.494 e. The van der Waals surface area contributed by atoms with Crippen LogP contribution in [0, 0.1) is 0 Å². The Labute approximate surface area is 126 Å². The predicted octanol–water partition coefficient (Wildman–Crippen LogP) is 4.05. The van der Waals surface area contributed by atoms with Gasteiger partial charge in [0, 0.05) is 12.6 Å². The molecular formula is C18H21NO2. The second-order valence-corrected chi connectivity index (χ2v) is 5.00. The van der Waals surface area contributed by atoms with Crippen molar-refractivity contribution in [1.29, 1.82) is 0 Å². The van der Waals surface area contributed by atoms with Crippen molar-refractivity contribution >= 4 is 11.6 Å². The molecule has 3 heteroatoms. The maximum atomic E-state index is 10.9. The summed E-state index contributed by atoms with van der Waals surface area (Å²) in [5.74, 6) is 0.772. The van der Waals surface area contributed by atoms with E-state index in [1.165, 1.54) is 12.5 Å². The molecule has 0 bridgehead atoms. The molecule has 0 spiro atoms. The molecule has 110 valence electrons. The Bertz CT molecular complexity index is 549. The molecule has 0 aliphatic heterocycles. The molecule has 0 unspecified atom stereocenters. The number of carbonyl (C=O) groups excluding carboxylic acids is 1. The quantitative estimate of drug-likeness (QED) is 0.779. The fraction of sp³-hybridized carbons (Fsp3) is 0.278. The number of aryl methyl sites for hydroxylation is 1. The van der Waals surface area contributed by atoms with Crippen molar-refractivity contribution in [1.82, 2.24) is 0 Å². The third-order valence-electron chi connectivity index (χ3n) is 3.15. The molecule has 0 saturated heterocycles. The van der Waals surface area contributed by atoms with Crippen LogP contribution in [0.15, 0.2) is 54.6 Å². The van der Waals surface area contributed by atoms with Crippen LogP contribution < -0.4 is 10.1 Å². The Morgan fingerprint density at radius 3 is 2.38 bits per heavy atom. The zero-order valence-electron chi connectivity index (χ0n) is 12.3. The lowest BCUT2D eigenvalue weighted by Gasteiger charge is -2.07. The molecule has 2 rings (SSSR count). The number of carbonyl (C=O) groups is 1. The maximum absolute atomic E-state index is 10.9. The summed E-state index contributed by atoms with van der Waals surface area (Å²) in [6.45, 7) is 2.21. The van der Waals surface area contributed by atoms with Crippen LogP contribution in [0.25, 0.3) is 0 Å². The normalized spacial score (nSPS) is 10.1. The molecule has 2 aromatic carbocycles. The second kappa shape index (κ2) is 8.10. The lowest BCUT2D eigenvalue weighted by atomic mass is 10.1. The van der Waals surface area contributed by atoms with Gasteiger partial charge in [0.1, 0.15) is 5.75 Å². The van der Waals surface area contributed by atoms with Crippen molar-refractivity contribution in [2.24, 2.45) is 0 Å². The molecule has 0 fully saturated rings. The molecule has 1 amide bonds. The highest BCUT2D eigenvalue weighted by Crippen LogP contribution is 2.16. The van der Waals surface area contributed by atoms with Crippen molar-refractivity contribution in [2.45, 2.75) is 26.2 Å². The van der Waals surface area contributed by atoms with Crippen LogP contribution in [0.1, 0.15) is 25.3 Å². The SMILES string of the molecule is CC(=O)Nc1ccc(OCCCCc2ccccc2)cc1. The van der Waals surface area contributed by atoms with E-state index in [9.17, 15) is 4.79 Å². The highest BCUT2D eigenvalue weighted by atomic mass is 16.5. The van der Waals surface area contributed by atoms with E-state index in [0.717, 1.165) is 30.7 Å². The largest absolute Gasteiger partial charge is 0.494 e. The standard InChI is InChI=1S/C18H21NO2/c1-15(20)19-17-10-12-18(13-11-17)21-14-6-5-9-16-7-3-2-4-8-16/h2-4,7-8,10-13H,5-6,9,14H2,1H3,(H,19,20). The Morgan fingerprint density at radius 1 is 1.00 bits per heavy atom. The van der Waals surface area contributed by atoms with Gasteiger partial charge in [-0.1, -0.05) is 30.3 Å². The molecule has 0 aromatic heterocycles.